The van der Waals surface area contributed by atoms with E-state index in [4.69, 9.17) is 27.4 Å². The van der Waals surface area contributed by atoms with Crippen LogP contribution >= 0.6 is 12.2 Å². The lowest BCUT2D eigenvalue weighted by molar-refractivity contribution is 0.279. The van der Waals surface area contributed by atoms with Crippen LogP contribution in [0.3, 0.4) is 0 Å². The third-order valence-corrected chi connectivity index (χ3v) is 3.28. The van der Waals surface area contributed by atoms with E-state index >= 15 is 0 Å². The maximum absolute atomic E-state index is 13.9. The number of thiocarbonyl (C=S) groups is 1. The molecule has 0 aliphatic carbocycles. The Bertz CT molecular complexity index is 673. The van der Waals surface area contributed by atoms with Crippen LogP contribution in [0.1, 0.15) is 16.7 Å². The second-order valence-corrected chi connectivity index (χ2v) is 5.05. The quantitative estimate of drug-likeness (QED) is 0.860. The zero-order valence-corrected chi connectivity index (χ0v) is 12.7. The number of rotatable bonds is 5. The number of aryl methyl sites for hydroxylation is 1. The number of ether oxygens (including phenoxy) is 2. The summed E-state index contributed by atoms with van der Waals surface area (Å²) in [6, 6.07) is 10.2. The first-order chi connectivity index (χ1) is 10.0. The molecule has 2 aromatic carbocycles. The highest BCUT2D eigenvalue weighted by Gasteiger charge is 2.09. The van der Waals surface area contributed by atoms with Gasteiger partial charge in [-0.25, -0.2) is 4.39 Å². The monoisotopic (exact) mass is 305 g/mol. The molecule has 0 heterocycles. The van der Waals surface area contributed by atoms with Crippen LogP contribution in [0.15, 0.2) is 36.4 Å². The molecule has 2 rings (SSSR count). The van der Waals surface area contributed by atoms with Gasteiger partial charge in [-0.05, 0) is 30.7 Å². The Morgan fingerprint density at radius 1 is 1.19 bits per heavy atom. The largest absolute Gasteiger partial charge is 0.493 e. The summed E-state index contributed by atoms with van der Waals surface area (Å²) in [6.07, 6.45) is 0. The Morgan fingerprint density at radius 2 is 1.95 bits per heavy atom. The van der Waals surface area contributed by atoms with Crippen molar-refractivity contribution in [3.8, 4) is 11.5 Å². The molecule has 0 radical (unpaired) electrons. The fourth-order valence-corrected chi connectivity index (χ4v) is 1.99. The molecular formula is C16H16FNO2S. The third-order valence-electron chi connectivity index (χ3n) is 3.04. The Labute approximate surface area is 128 Å². The summed E-state index contributed by atoms with van der Waals surface area (Å²) in [5.41, 5.74) is 7.46. The Kier molecular flexibility index (Phi) is 4.75. The standard InChI is InChI=1S/C16H16FNO2S/c1-10-3-6-14(15(7-10)19-2)20-9-12-5-4-11(16(18)21)8-13(12)17/h3-8H,9H2,1-2H3,(H2,18,21). The molecule has 0 spiro atoms. The molecule has 0 aromatic heterocycles. The fourth-order valence-electron chi connectivity index (χ4n) is 1.87. The molecule has 110 valence electrons. The molecule has 21 heavy (non-hydrogen) atoms. The Hall–Kier alpha value is -2.14. The highest BCUT2D eigenvalue weighted by atomic mass is 32.1. The van der Waals surface area contributed by atoms with E-state index in [1.54, 1.807) is 25.3 Å². The zero-order chi connectivity index (χ0) is 15.4. The number of methoxy groups -OCH3 is 1. The molecule has 0 saturated carbocycles. The van der Waals surface area contributed by atoms with Gasteiger partial charge in [0, 0.05) is 11.1 Å². The van der Waals surface area contributed by atoms with Crippen molar-refractivity contribution in [3.63, 3.8) is 0 Å². The van der Waals surface area contributed by atoms with Gasteiger partial charge in [-0.3, -0.25) is 0 Å². The second-order valence-electron chi connectivity index (χ2n) is 4.61. The van der Waals surface area contributed by atoms with E-state index in [2.05, 4.69) is 0 Å². The van der Waals surface area contributed by atoms with Gasteiger partial charge in [0.25, 0.3) is 0 Å². The number of benzene rings is 2. The molecular weight excluding hydrogens is 289 g/mol. The van der Waals surface area contributed by atoms with Crippen LogP contribution in [-0.4, -0.2) is 12.1 Å². The number of halogens is 1. The molecule has 0 unspecified atom stereocenters. The number of hydrogen-bond donors (Lipinski definition) is 1. The molecule has 0 saturated heterocycles. The minimum absolute atomic E-state index is 0.100. The predicted octanol–water partition coefficient (Wildman–Crippen LogP) is 3.36. The molecule has 0 aliphatic heterocycles. The van der Waals surface area contributed by atoms with Crippen LogP contribution < -0.4 is 15.2 Å². The van der Waals surface area contributed by atoms with Gasteiger partial charge in [0.2, 0.25) is 0 Å². The molecule has 0 fully saturated rings. The summed E-state index contributed by atoms with van der Waals surface area (Å²) in [6.45, 7) is 2.06. The van der Waals surface area contributed by atoms with Crippen LogP contribution in [0.5, 0.6) is 11.5 Å². The summed E-state index contributed by atoms with van der Waals surface area (Å²) in [4.78, 5) is 0.168. The number of nitrogens with two attached hydrogens (primary N) is 1. The van der Waals surface area contributed by atoms with E-state index in [9.17, 15) is 4.39 Å². The molecule has 0 bridgehead atoms. The van der Waals surface area contributed by atoms with Crippen molar-refractivity contribution in [2.45, 2.75) is 13.5 Å². The first-order valence-corrected chi connectivity index (χ1v) is 6.77. The zero-order valence-electron chi connectivity index (χ0n) is 11.9. The Balaban J connectivity index is 2.15. The van der Waals surface area contributed by atoms with E-state index < -0.39 is 5.82 Å². The maximum atomic E-state index is 13.9. The van der Waals surface area contributed by atoms with Gasteiger partial charge in [0.05, 0.1) is 7.11 Å². The van der Waals surface area contributed by atoms with E-state index in [-0.39, 0.29) is 11.6 Å². The minimum Gasteiger partial charge on any atom is -0.493 e. The average molecular weight is 305 g/mol. The lowest BCUT2D eigenvalue weighted by atomic mass is 10.1. The van der Waals surface area contributed by atoms with E-state index in [0.29, 0.717) is 22.6 Å². The lowest BCUT2D eigenvalue weighted by Crippen LogP contribution is -2.10. The van der Waals surface area contributed by atoms with Gasteiger partial charge < -0.3 is 15.2 Å². The van der Waals surface area contributed by atoms with Crippen LogP contribution in [0.25, 0.3) is 0 Å². The summed E-state index contributed by atoms with van der Waals surface area (Å²) in [5.74, 6) is 0.794. The SMILES string of the molecule is COc1cc(C)ccc1OCc1ccc(C(N)=S)cc1F. The fraction of sp³-hybridized carbons (Fsp3) is 0.188. The summed E-state index contributed by atoms with van der Waals surface area (Å²) >= 11 is 4.81. The second kappa shape index (κ2) is 6.54. The van der Waals surface area contributed by atoms with Crippen molar-refractivity contribution in [2.75, 3.05) is 7.11 Å². The third kappa shape index (κ3) is 3.70. The summed E-state index contributed by atoms with van der Waals surface area (Å²) < 4.78 is 24.8. The molecule has 0 aliphatic rings. The van der Waals surface area contributed by atoms with Gasteiger partial charge in [-0.15, -0.1) is 0 Å². The van der Waals surface area contributed by atoms with E-state index in [0.717, 1.165) is 5.56 Å². The molecule has 0 amide bonds. The maximum Gasteiger partial charge on any atom is 0.161 e. The smallest absolute Gasteiger partial charge is 0.161 e. The predicted molar refractivity (Wildman–Crippen MR) is 84.4 cm³/mol. The van der Waals surface area contributed by atoms with Crippen LogP contribution in [0.2, 0.25) is 0 Å². The van der Waals surface area contributed by atoms with Crippen LogP contribution in [-0.2, 0) is 6.61 Å². The van der Waals surface area contributed by atoms with Crippen molar-refractivity contribution >= 4 is 17.2 Å². The topological polar surface area (TPSA) is 44.5 Å². The minimum atomic E-state index is -0.397. The molecule has 5 heteroatoms. The van der Waals surface area contributed by atoms with Gasteiger partial charge in [-0.1, -0.05) is 30.4 Å². The summed E-state index contributed by atoms with van der Waals surface area (Å²) in [5, 5.41) is 0. The van der Waals surface area contributed by atoms with Crippen LogP contribution in [0.4, 0.5) is 4.39 Å². The summed E-state index contributed by atoms with van der Waals surface area (Å²) in [7, 11) is 1.57. The molecule has 2 aromatic rings. The van der Waals surface area contributed by atoms with Crippen molar-refractivity contribution in [2.24, 2.45) is 5.73 Å². The Morgan fingerprint density at radius 3 is 2.57 bits per heavy atom. The van der Waals surface area contributed by atoms with Crippen molar-refractivity contribution in [3.05, 3.63) is 58.9 Å². The van der Waals surface area contributed by atoms with Gasteiger partial charge in [0.15, 0.2) is 11.5 Å². The van der Waals surface area contributed by atoms with Crippen LogP contribution in [0, 0.1) is 12.7 Å². The van der Waals surface area contributed by atoms with Crippen molar-refractivity contribution < 1.29 is 13.9 Å². The molecule has 0 atom stereocenters. The van der Waals surface area contributed by atoms with Gasteiger partial charge >= 0.3 is 0 Å². The lowest BCUT2D eigenvalue weighted by Gasteiger charge is -2.12. The normalized spacial score (nSPS) is 10.2. The molecule has 3 nitrogen and oxygen atoms in total. The van der Waals surface area contributed by atoms with E-state index in [1.165, 1.54) is 6.07 Å². The highest BCUT2D eigenvalue weighted by molar-refractivity contribution is 7.80. The van der Waals surface area contributed by atoms with Crippen molar-refractivity contribution in [1.29, 1.82) is 0 Å². The van der Waals surface area contributed by atoms with Crippen molar-refractivity contribution in [1.82, 2.24) is 0 Å². The first-order valence-electron chi connectivity index (χ1n) is 6.37. The average Bonchev–Trinajstić information content (AvgIpc) is 2.46. The highest BCUT2D eigenvalue weighted by Crippen LogP contribution is 2.28. The molecule has 2 N–H and O–H groups in total. The van der Waals surface area contributed by atoms with Gasteiger partial charge in [0.1, 0.15) is 17.4 Å². The van der Waals surface area contributed by atoms with Gasteiger partial charge in [-0.2, -0.15) is 0 Å². The van der Waals surface area contributed by atoms with E-state index in [1.807, 2.05) is 19.1 Å². The first kappa shape index (κ1) is 15.3. The number of hydrogen-bond acceptors (Lipinski definition) is 3.